The van der Waals surface area contributed by atoms with Crippen LogP contribution in [-0.4, -0.2) is 46.9 Å². The van der Waals surface area contributed by atoms with Gasteiger partial charge in [0.1, 0.15) is 6.42 Å². The molecule has 1 amide bonds. The maximum Gasteiger partial charge on any atom is 0.251 e. The number of benzene rings is 1. The number of hydrogen-bond acceptors (Lipinski definition) is 4. The van der Waals surface area contributed by atoms with Crippen LogP contribution >= 0.6 is 0 Å². The third-order valence-electron chi connectivity index (χ3n) is 5.26. The van der Waals surface area contributed by atoms with E-state index in [0.29, 0.717) is 13.1 Å². The van der Waals surface area contributed by atoms with Crippen LogP contribution in [0.2, 0.25) is 0 Å². The van der Waals surface area contributed by atoms with E-state index in [-0.39, 0.29) is 23.9 Å². The second-order valence-electron chi connectivity index (χ2n) is 6.75. The lowest BCUT2D eigenvalue weighted by atomic mass is 10.0. The van der Waals surface area contributed by atoms with Gasteiger partial charge in [-0.05, 0) is 36.4 Å². The summed E-state index contributed by atoms with van der Waals surface area (Å²) < 4.78 is 0. The fourth-order valence-corrected chi connectivity index (χ4v) is 3.54. The second kappa shape index (κ2) is 7.71. The van der Waals surface area contributed by atoms with E-state index in [1.54, 1.807) is 4.90 Å². The molecule has 3 rings (SSSR count). The summed E-state index contributed by atoms with van der Waals surface area (Å²) in [5, 5.41) is 9.71. The summed E-state index contributed by atoms with van der Waals surface area (Å²) in [6.07, 6.45) is 0.672. The molecule has 1 atom stereocenters. The second-order valence-corrected chi connectivity index (χ2v) is 6.75. The van der Waals surface area contributed by atoms with Gasteiger partial charge in [-0.15, -0.1) is 0 Å². The van der Waals surface area contributed by atoms with Crippen molar-refractivity contribution in [2.45, 2.75) is 32.7 Å². The van der Waals surface area contributed by atoms with Crippen molar-refractivity contribution in [1.82, 2.24) is 14.8 Å². The maximum absolute atomic E-state index is 12.1. The maximum atomic E-state index is 12.1. The Morgan fingerprint density at radius 1 is 1.27 bits per heavy atom. The van der Waals surface area contributed by atoms with Crippen molar-refractivity contribution < 1.29 is 4.79 Å². The van der Waals surface area contributed by atoms with Crippen molar-refractivity contribution in [3.8, 4) is 6.07 Å². The van der Waals surface area contributed by atoms with Gasteiger partial charge in [-0.2, -0.15) is 5.26 Å². The van der Waals surface area contributed by atoms with Crippen LogP contribution in [0.25, 0.3) is 10.9 Å². The molecule has 2 aromatic rings. The SMILES string of the molecule is CCc1cc2ccc([C@@H](C)N3CCN(C(=O)CC#N)CC3)cc2[nH]c1=O. The first-order valence-corrected chi connectivity index (χ1v) is 9.08. The molecule has 2 heterocycles. The van der Waals surface area contributed by atoms with E-state index in [2.05, 4.69) is 28.9 Å². The third-order valence-corrected chi connectivity index (χ3v) is 5.26. The number of pyridine rings is 1. The van der Waals surface area contributed by atoms with Gasteiger partial charge in [0.15, 0.2) is 0 Å². The summed E-state index contributed by atoms with van der Waals surface area (Å²) in [5.41, 5.74) is 2.79. The zero-order valence-corrected chi connectivity index (χ0v) is 15.3. The van der Waals surface area contributed by atoms with Crippen molar-refractivity contribution in [2.75, 3.05) is 26.2 Å². The van der Waals surface area contributed by atoms with Gasteiger partial charge in [0, 0.05) is 43.3 Å². The highest BCUT2D eigenvalue weighted by Crippen LogP contribution is 2.24. The summed E-state index contributed by atoms with van der Waals surface area (Å²) in [4.78, 5) is 31.0. The number of hydrogen-bond donors (Lipinski definition) is 1. The van der Waals surface area contributed by atoms with Gasteiger partial charge >= 0.3 is 0 Å². The molecule has 1 aliphatic rings. The highest BCUT2D eigenvalue weighted by Gasteiger charge is 2.24. The smallest absolute Gasteiger partial charge is 0.251 e. The molecule has 6 heteroatoms. The number of aromatic nitrogens is 1. The Bertz CT molecular complexity index is 904. The zero-order valence-electron chi connectivity index (χ0n) is 15.3. The lowest BCUT2D eigenvalue weighted by Crippen LogP contribution is -2.49. The summed E-state index contributed by atoms with van der Waals surface area (Å²) >= 11 is 0. The minimum absolute atomic E-state index is 0.0191. The first-order chi connectivity index (χ1) is 12.5. The molecular weight excluding hydrogens is 328 g/mol. The van der Waals surface area contributed by atoms with Crippen LogP contribution < -0.4 is 5.56 Å². The lowest BCUT2D eigenvalue weighted by molar-refractivity contribution is -0.132. The molecule has 1 aliphatic heterocycles. The molecule has 0 radical (unpaired) electrons. The first kappa shape index (κ1) is 18.2. The summed E-state index contributed by atoms with van der Waals surface area (Å²) in [6, 6.07) is 10.3. The van der Waals surface area contributed by atoms with Crippen LogP contribution in [0.3, 0.4) is 0 Å². The number of carbonyl (C=O) groups excluding carboxylic acids is 1. The molecule has 26 heavy (non-hydrogen) atoms. The van der Waals surface area contributed by atoms with Crippen molar-refractivity contribution in [3.63, 3.8) is 0 Å². The van der Waals surface area contributed by atoms with E-state index in [0.717, 1.165) is 41.5 Å². The quantitative estimate of drug-likeness (QED) is 0.915. The third kappa shape index (κ3) is 3.63. The van der Waals surface area contributed by atoms with Crippen LogP contribution in [-0.2, 0) is 11.2 Å². The van der Waals surface area contributed by atoms with E-state index in [1.807, 2.05) is 25.1 Å². The number of H-pyrrole nitrogens is 1. The van der Waals surface area contributed by atoms with E-state index in [4.69, 9.17) is 5.26 Å². The molecule has 0 saturated carbocycles. The Labute approximate surface area is 153 Å². The standard InChI is InChI=1S/C20H24N4O2/c1-3-15-12-17-5-4-16(13-18(17)22-20(15)26)14(2)23-8-10-24(11-9-23)19(25)6-7-21/h4-5,12-14H,3,6,8-11H2,1-2H3,(H,22,26)/t14-/m1/s1. The fraction of sp³-hybridized carbons (Fsp3) is 0.450. The number of rotatable bonds is 4. The molecule has 0 bridgehead atoms. The number of aromatic amines is 1. The number of nitrogens with one attached hydrogen (secondary N) is 1. The number of nitriles is 1. The number of amides is 1. The Balaban J connectivity index is 1.74. The Hall–Kier alpha value is -2.65. The average Bonchev–Trinajstić information content (AvgIpc) is 2.66. The molecule has 1 aromatic carbocycles. The number of fused-ring (bicyclic) bond motifs is 1. The zero-order chi connectivity index (χ0) is 18.7. The first-order valence-electron chi connectivity index (χ1n) is 9.08. The van der Waals surface area contributed by atoms with Gasteiger partial charge in [0.25, 0.3) is 5.56 Å². The Morgan fingerprint density at radius 3 is 2.65 bits per heavy atom. The van der Waals surface area contributed by atoms with Crippen LogP contribution in [0.15, 0.2) is 29.1 Å². The monoisotopic (exact) mass is 352 g/mol. The van der Waals surface area contributed by atoms with E-state index < -0.39 is 0 Å². The molecule has 1 aromatic heterocycles. The van der Waals surface area contributed by atoms with Crippen LogP contribution in [0.1, 0.15) is 37.4 Å². The number of carbonyl (C=O) groups is 1. The summed E-state index contributed by atoms with van der Waals surface area (Å²) in [7, 11) is 0. The van der Waals surface area contributed by atoms with E-state index in [1.165, 1.54) is 0 Å². The molecule has 0 unspecified atom stereocenters. The van der Waals surface area contributed by atoms with Crippen LogP contribution in [0, 0.1) is 11.3 Å². The minimum atomic E-state index is -0.0881. The van der Waals surface area contributed by atoms with Gasteiger partial charge in [0.2, 0.25) is 5.91 Å². The predicted octanol–water partition coefficient (Wildman–Crippen LogP) is 2.21. The van der Waals surface area contributed by atoms with Gasteiger partial charge in [-0.3, -0.25) is 14.5 Å². The van der Waals surface area contributed by atoms with Gasteiger partial charge in [0.05, 0.1) is 6.07 Å². The number of aryl methyl sites for hydroxylation is 1. The van der Waals surface area contributed by atoms with Crippen LogP contribution in [0.4, 0.5) is 0 Å². The summed E-state index contributed by atoms with van der Waals surface area (Å²) in [5.74, 6) is -0.0881. The van der Waals surface area contributed by atoms with Crippen molar-refractivity contribution >= 4 is 16.8 Å². The predicted molar refractivity (Wildman–Crippen MR) is 101 cm³/mol. The molecule has 1 N–H and O–H groups in total. The fourth-order valence-electron chi connectivity index (χ4n) is 3.54. The van der Waals surface area contributed by atoms with E-state index in [9.17, 15) is 9.59 Å². The molecule has 1 fully saturated rings. The normalized spacial score (nSPS) is 16.4. The van der Waals surface area contributed by atoms with Gasteiger partial charge < -0.3 is 9.88 Å². The summed E-state index contributed by atoms with van der Waals surface area (Å²) in [6.45, 7) is 6.98. The molecule has 1 saturated heterocycles. The van der Waals surface area contributed by atoms with Crippen molar-refractivity contribution in [3.05, 3.63) is 45.7 Å². The Morgan fingerprint density at radius 2 is 2.00 bits per heavy atom. The average molecular weight is 352 g/mol. The topological polar surface area (TPSA) is 80.2 Å². The highest BCUT2D eigenvalue weighted by atomic mass is 16.2. The van der Waals surface area contributed by atoms with Gasteiger partial charge in [-0.1, -0.05) is 19.1 Å². The molecular formula is C20H24N4O2. The van der Waals surface area contributed by atoms with Crippen LogP contribution in [0.5, 0.6) is 0 Å². The van der Waals surface area contributed by atoms with E-state index >= 15 is 0 Å². The number of nitrogens with zero attached hydrogens (tertiary/aromatic N) is 3. The molecule has 0 spiro atoms. The Kier molecular flexibility index (Phi) is 5.38. The van der Waals surface area contributed by atoms with Gasteiger partial charge in [-0.25, -0.2) is 0 Å². The molecule has 136 valence electrons. The lowest BCUT2D eigenvalue weighted by Gasteiger charge is -2.38. The molecule has 0 aliphatic carbocycles. The largest absolute Gasteiger partial charge is 0.339 e. The highest BCUT2D eigenvalue weighted by molar-refractivity contribution is 5.80. The molecule has 6 nitrogen and oxygen atoms in total. The van der Waals surface area contributed by atoms with Crippen molar-refractivity contribution in [2.24, 2.45) is 0 Å². The van der Waals surface area contributed by atoms with Crippen molar-refractivity contribution in [1.29, 1.82) is 5.26 Å². The minimum Gasteiger partial charge on any atom is -0.339 e. The number of piperazine rings is 1.